The number of aromatic nitrogens is 2. The molecule has 0 aliphatic heterocycles. The molecule has 0 fully saturated rings. The quantitative estimate of drug-likeness (QED) is 0.0690. The molecule has 3 amide bonds. The molecule has 294 valence electrons. The molecule has 1 aliphatic carbocycles. The number of halogens is 4. The van der Waals surface area contributed by atoms with Gasteiger partial charge in [0.05, 0.1) is 28.5 Å². The van der Waals surface area contributed by atoms with E-state index < -0.39 is 58.8 Å². The van der Waals surface area contributed by atoms with E-state index in [9.17, 15) is 31.9 Å². The van der Waals surface area contributed by atoms with Crippen molar-refractivity contribution in [2.24, 2.45) is 11.8 Å². The maximum atomic E-state index is 14.8. The smallest absolute Gasteiger partial charge is 0.378 e. The van der Waals surface area contributed by atoms with E-state index in [0.717, 1.165) is 11.6 Å². The Bertz CT molecular complexity index is 2000. The van der Waals surface area contributed by atoms with E-state index in [1.807, 2.05) is 32.9 Å². The molecular formula is C41H48F4N6O3S. The van der Waals surface area contributed by atoms with E-state index in [0.29, 0.717) is 47.4 Å². The van der Waals surface area contributed by atoms with Gasteiger partial charge in [-0.15, -0.1) is 0 Å². The first-order valence-corrected chi connectivity index (χ1v) is 19.1. The van der Waals surface area contributed by atoms with Crippen LogP contribution in [0.2, 0.25) is 0 Å². The number of carbonyl (C=O) groups is 3. The van der Waals surface area contributed by atoms with Crippen LogP contribution < -0.4 is 21.3 Å². The van der Waals surface area contributed by atoms with E-state index in [-0.39, 0.29) is 42.7 Å². The lowest BCUT2D eigenvalue weighted by atomic mass is 9.78. The van der Waals surface area contributed by atoms with E-state index in [2.05, 4.69) is 31.2 Å². The lowest BCUT2D eigenvalue weighted by Gasteiger charge is -2.40. The molecule has 2 unspecified atom stereocenters. The number of alkyl halides is 3. The van der Waals surface area contributed by atoms with Crippen molar-refractivity contribution < 1.29 is 31.9 Å². The summed E-state index contributed by atoms with van der Waals surface area (Å²) >= 11 is 5.83. The fourth-order valence-corrected chi connectivity index (χ4v) is 7.48. The highest BCUT2D eigenvalue weighted by molar-refractivity contribution is 7.80. The SMILES string of the molecule is CCC(C)[C@H](NC(=O)Cc1ccccc1F)C(=O)N[C@]1(C(=O)NC(C(=S)NCCc2ccncc2)[C@@H](C)CC)CCc2[nH]c3c(C(F)(F)F)cccc3c2C1. The Kier molecular flexibility index (Phi) is 13.3. The molecule has 9 nitrogen and oxygen atoms in total. The predicted molar refractivity (Wildman–Crippen MR) is 208 cm³/mol. The normalized spacial score (nSPS) is 17.7. The van der Waals surface area contributed by atoms with Gasteiger partial charge in [0, 0.05) is 36.4 Å². The van der Waals surface area contributed by atoms with E-state index >= 15 is 0 Å². The summed E-state index contributed by atoms with van der Waals surface area (Å²) in [5.41, 5.74) is -0.285. The molecular weight excluding hydrogens is 733 g/mol. The molecule has 14 heteroatoms. The van der Waals surface area contributed by atoms with Crippen molar-refractivity contribution in [1.29, 1.82) is 0 Å². The summed E-state index contributed by atoms with van der Waals surface area (Å²) in [5.74, 6) is -2.82. The summed E-state index contributed by atoms with van der Waals surface area (Å²) in [5, 5.41) is 12.4. The molecule has 55 heavy (non-hydrogen) atoms. The van der Waals surface area contributed by atoms with Crippen LogP contribution in [0.25, 0.3) is 10.9 Å². The largest absolute Gasteiger partial charge is 0.418 e. The third kappa shape index (κ3) is 9.70. The second kappa shape index (κ2) is 17.7. The van der Waals surface area contributed by atoms with Crippen molar-refractivity contribution in [3.8, 4) is 0 Å². The van der Waals surface area contributed by atoms with Gasteiger partial charge in [-0.2, -0.15) is 13.2 Å². The van der Waals surface area contributed by atoms with Crippen molar-refractivity contribution in [3.63, 3.8) is 0 Å². The Morgan fingerprint density at radius 3 is 2.31 bits per heavy atom. The molecule has 4 aromatic rings. The summed E-state index contributed by atoms with van der Waals surface area (Å²) in [6.45, 7) is 8.06. The molecule has 2 aromatic carbocycles. The number of hydrogen-bond acceptors (Lipinski definition) is 5. The van der Waals surface area contributed by atoms with Crippen molar-refractivity contribution in [2.75, 3.05) is 6.54 Å². The van der Waals surface area contributed by atoms with Crippen LogP contribution in [0, 0.1) is 17.7 Å². The zero-order chi connectivity index (χ0) is 39.9. The highest BCUT2D eigenvalue weighted by Crippen LogP contribution is 2.40. The number of aromatic amines is 1. The molecule has 5 atom stereocenters. The summed E-state index contributed by atoms with van der Waals surface area (Å²) in [6, 6.07) is 11.8. The molecule has 0 spiro atoms. The standard InChI is InChI=1S/C41H48F4N6O3S/c1-5-24(3)34(49-33(52)22-27-10-7-8-13-31(27)42)37(53)51-40(18-14-32-29(23-40)28-11-9-12-30(36(28)48-32)41(43,44)45)39(54)50-35(25(4)6-2)38(55)47-21-17-26-15-19-46-20-16-26/h7-13,15-16,19-20,24-25,34-35,48H,5-6,14,17-18,21-23H2,1-4H3,(H,47,55)(H,49,52)(H,50,54)(H,51,53)/t24?,25-,34-,35?,40+/m0/s1. The number of thiocarbonyl (C=S) groups is 1. The van der Waals surface area contributed by atoms with Crippen molar-refractivity contribution in [1.82, 2.24) is 31.2 Å². The van der Waals surface area contributed by atoms with E-state index in [4.69, 9.17) is 12.2 Å². The minimum Gasteiger partial charge on any atom is -0.378 e. The number of nitrogens with zero attached hydrogens (tertiary/aromatic N) is 1. The van der Waals surface area contributed by atoms with Crippen molar-refractivity contribution >= 4 is 45.8 Å². The number of para-hydroxylation sites is 1. The number of aryl methyl sites for hydroxylation is 1. The molecule has 0 saturated carbocycles. The number of fused-ring (bicyclic) bond motifs is 3. The van der Waals surface area contributed by atoms with Gasteiger partial charge in [0.2, 0.25) is 17.7 Å². The third-order valence-electron chi connectivity index (χ3n) is 10.8. The molecule has 2 heterocycles. The number of amides is 3. The number of benzene rings is 2. The predicted octanol–water partition coefficient (Wildman–Crippen LogP) is 6.53. The fourth-order valence-electron chi connectivity index (χ4n) is 7.09. The first-order chi connectivity index (χ1) is 26.2. The van der Waals surface area contributed by atoms with E-state index in [1.165, 1.54) is 24.3 Å². The maximum Gasteiger partial charge on any atom is 0.418 e. The van der Waals surface area contributed by atoms with Crippen LogP contribution in [0.3, 0.4) is 0 Å². The Morgan fingerprint density at radius 1 is 0.945 bits per heavy atom. The average Bonchev–Trinajstić information content (AvgIpc) is 3.53. The highest BCUT2D eigenvalue weighted by Gasteiger charge is 2.47. The topological polar surface area (TPSA) is 128 Å². The summed E-state index contributed by atoms with van der Waals surface area (Å²) in [4.78, 5) is 49.8. The fraction of sp³-hybridized carbons (Fsp3) is 0.439. The molecule has 0 radical (unpaired) electrons. The zero-order valence-corrected chi connectivity index (χ0v) is 32.2. The molecule has 0 bridgehead atoms. The first kappa shape index (κ1) is 41.3. The Morgan fingerprint density at radius 2 is 1.64 bits per heavy atom. The van der Waals surface area contributed by atoms with Gasteiger partial charge in [-0.3, -0.25) is 19.4 Å². The number of carbonyl (C=O) groups excluding carboxylic acids is 3. The summed E-state index contributed by atoms with van der Waals surface area (Å²) in [6.07, 6.45) is 0.383. The molecule has 1 aliphatic rings. The van der Waals surface area contributed by atoms with Gasteiger partial charge in [-0.05, 0) is 72.1 Å². The summed E-state index contributed by atoms with van der Waals surface area (Å²) in [7, 11) is 0. The number of hydrogen-bond donors (Lipinski definition) is 5. The number of pyridine rings is 1. The number of H-pyrrole nitrogens is 1. The number of nitrogens with one attached hydrogen (secondary N) is 5. The van der Waals surface area contributed by atoms with Crippen LogP contribution >= 0.6 is 12.2 Å². The van der Waals surface area contributed by atoms with Gasteiger partial charge in [0.1, 0.15) is 17.4 Å². The summed E-state index contributed by atoms with van der Waals surface area (Å²) < 4.78 is 56.7. The average molecular weight is 781 g/mol. The number of rotatable bonds is 15. The molecule has 5 N–H and O–H groups in total. The van der Waals surface area contributed by atoms with Crippen LogP contribution in [-0.2, 0) is 46.2 Å². The van der Waals surface area contributed by atoms with Crippen molar-refractivity contribution in [3.05, 3.63) is 101 Å². The van der Waals surface area contributed by atoms with Crippen LogP contribution in [0.1, 0.15) is 74.9 Å². The molecule has 5 rings (SSSR count). The maximum absolute atomic E-state index is 14.8. The third-order valence-corrected chi connectivity index (χ3v) is 11.2. The Labute approximate surface area is 323 Å². The Hall–Kier alpha value is -4.85. The monoisotopic (exact) mass is 780 g/mol. The van der Waals surface area contributed by atoms with Gasteiger partial charge in [-0.25, -0.2) is 4.39 Å². The molecule has 2 aromatic heterocycles. The minimum atomic E-state index is -4.62. The zero-order valence-electron chi connectivity index (χ0n) is 31.4. The van der Waals surface area contributed by atoms with Gasteiger partial charge >= 0.3 is 6.18 Å². The second-order valence-electron chi connectivity index (χ2n) is 14.5. The molecule has 0 saturated heterocycles. The lowest BCUT2D eigenvalue weighted by Crippen LogP contribution is -2.67. The van der Waals surface area contributed by atoms with Crippen LogP contribution in [0.5, 0.6) is 0 Å². The van der Waals surface area contributed by atoms with Crippen LogP contribution in [0.15, 0.2) is 67.0 Å². The lowest BCUT2D eigenvalue weighted by molar-refractivity contribution is -0.137. The minimum absolute atomic E-state index is 0.0532. The first-order valence-electron chi connectivity index (χ1n) is 18.7. The van der Waals surface area contributed by atoms with Gasteiger partial charge in [0.15, 0.2) is 0 Å². The van der Waals surface area contributed by atoms with Crippen LogP contribution in [0.4, 0.5) is 17.6 Å². The second-order valence-corrected chi connectivity index (χ2v) is 14.9. The Balaban J connectivity index is 1.47. The van der Waals surface area contributed by atoms with Gasteiger partial charge in [-0.1, -0.05) is 83.1 Å². The van der Waals surface area contributed by atoms with Gasteiger partial charge < -0.3 is 26.3 Å². The van der Waals surface area contributed by atoms with E-state index in [1.54, 1.807) is 31.5 Å². The highest BCUT2D eigenvalue weighted by atomic mass is 32.1. The van der Waals surface area contributed by atoms with Crippen LogP contribution in [-0.4, -0.2) is 56.8 Å². The van der Waals surface area contributed by atoms with Gasteiger partial charge in [0.25, 0.3) is 0 Å². The van der Waals surface area contributed by atoms with Crippen molar-refractivity contribution in [2.45, 2.75) is 96.4 Å².